The standard InChI is InChI=1S/C24H27N5O2/c1-31-22-11-9-21(10-12-22)27-24(30)26-20-7-5-19(6-8-20)18-28-14-16-29(17-15-28)23-4-2-3-13-25-23/h2-13H,14-18H2,1H3,(H2,26,27,30). The molecule has 3 aromatic rings. The van der Waals surface area contributed by atoms with Crippen LogP contribution in [0.2, 0.25) is 0 Å². The molecule has 0 spiro atoms. The molecule has 2 heterocycles. The molecule has 4 rings (SSSR count). The number of hydrogen-bond acceptors (Lipinski definition) is 5. The Morgan fingerprint density at radius 3 is 2.13 bits per heavy atom. The third-order valence-corrected chi connectivity index (χ3v) is 5.31. The van der Waals surface area contributed by atoms with Crippen LogP contribution in [0.4, 0.5) is 22.0 Å². The third-order valence-electron chi connectivity index (χ3n) is 5.31. The molecule has 2 aromatic carbocycles. The zero-order chi connectivity index (χ0) is 21.5. The molecule has 2 N–H and O–H groups in total. The Labute approximate surface area is 182 Å². The highest BCUT2D eigenvalue weighted by Crippen LogP contribution is 2.17. The van der Waals surface area contributed by atoms with E-state index in [2.05, 4.69) is 43.6 Å². The summed E-state index contributed by atoms with van der Waals surface area (Å²) in [5.41, 5.74) is 2.70. The lowest BCUT2D eigenvalue weighted by atomic mass is 10.1. The minimum absolute atomic E-state index is 0.274. The zero-order valence-electron chi connectivity index (χ0n) is 17.6. The van der Waals surface area contributed by atoms with Crippen LogP contribution in [0.5, 0.6) is 5.75 Å². The number of piperazine rings is 1. The molecule has 0 saturated carbocycles. The predicted octanol–water partition coefficient (Wildman–Crippen LogP) is 4.06. The molecule has 1 saturated heterocycles. The molecule has 1 aliphatic heterocycles. The van der Waals surface area contributed by atoms with E-state index in [1.165, 1.54) is 5.56 Å². The summed E-state index contributed by atoms with van der Waals surface area (Å²) in [5, 5.41) is 5.68. The van der Waals surface area contributed by atoms with E-state index >= 15 is 0 Å². The highest BCUT2D eigenvalue weighted by molar-refractivity contribution is 5.99. The SMILES string of the molecule is COc1ccc(NC(=O)Nc2ccc(CN3CCN(c4ccccn4)CC3)cc2)cc1. The Bertz CT molecular complexity index is 969. The fourth-order valence-corrected chi connectivity index (χ4v) is 3.60. The summed E-state index contributed by atoms with van der Waals surface area (Å²) in [6, 6.07) is 21.0. The number of hydrogen-bond donors (Lipinski definition) is 2. The van der Waals surface area contributed by atoms with Crippen molar-refractivity contribution in [1.82, 2.24) is 9.88 Å². The summed E-state index contributed by atoms with van der Waals surface area (Å²) in [4.78, 5) is 21.4. The van der Waals surface area contributed by atoms with Crippen LogP contribution >= 0.6 is 0 Å². The number of pyridine rings is 1. The molecule has 7 nitrogen and oxygen atoms in total. The van der Waals surface area contributed by atoms with Crippen LogP contribution in [0, 0.1) is 0 Å². The molecule has 7 heteroatoms. The highest BCUT2D eigenvalue weighted by atomic mass is 16.5. The summed E-state index contributed by atoms with van der Waals surface area (Å²) in [6.07, 6.45) is 1.84. The maximum Gasteiger partial charge on any atom is 0.323 e. The average molecular weight is 418 g/mol. The monoisotopic (exact) mass is 417 g/mol. The normalized spacial score (nSPS) is 14.2. The molecule has 0 atom stereocenters. The van der Waals surface area contributed by atoms with Gasteiger partial charge >= 0.3 is 6.03 Å². The van der Waals surface area contributed by atoms with Crippen molar-refractivity contribution in [3.63, 3.8) is 0 Å². The maximum absolute atomic E-state index is 12.2. The van der Waals surface area contributed by atoms with Crippen LogP contribution in [-0.2, 0) is 6.54 Å². The highest BCUT2D eigenvalue weighted by Gasteiger charge is 2.17. The number of nitrogens with zero attached hydrogens (tertiary/aromatic N) is 3. The van der Waals surface area contributed by atoms with Gasteiger partial charge in [0.1, 0.15) is 11.6 Å². The fraction of sp³-hybridized carbons (Fsp3) is 0.250. The second-order valence-electron chi connectivity index (χ2n) is 7.46. The Morgan fingerprint density at radius 2 is 1.55 bits per heavy atom. The molecule has 2 amide bonds. The molecule has 160 valence electrons. The first-order chi connectivity index (χ1) is 15.2. The number of methoxy groups -OCH3 is 1. The second-order valence-corrected chi connectivity index (χ2v) is 7.46. The summed E-state index contributed by atoms with van der Waals surface area (Å²) in [7, 11) is 1.61. The molecule has 1 aromatic heterocycles. The van der Waals surface area contributed by atoms with E-state index in [4.69, 9.17) is 4.74 Å². The van der Waals surface area contributed by atoms with Crippen molar-refractivity contribution in [3.8, 4) is 5.75 Å². The Hall–Kier alpha value is -3.58. The Morgan fingerprint density at radius 1 is 0.903 bits per heavy atom. The van der Waals surface area contributed by atoms with Crippen molar-refractivity contribution in [2.45, 2.75) is 6.54 Å². The maximum atomic E-state index is 12.2. The fourth-order valence-electron chi connectivity index (χ4n) is 3.60. The van der Waals surface area contributed by atoms with E-state index in [-0.39, 0.29) is 6.03 Å². The van der Waals surface area contributed by atoms with Gasteiger partial charge in [-0.05, 0) is 54.1 Å². The number of nitrogens with one attached hydrogen (secondary N) is 2. The number of carbonyl (C=O) groups is 1. The van der Waals surface area contributed by atoms with Crippen molar-refractivity contribution in [1.29, 1.82) is 0 Å². The van der Waals surface area contributed by atoms with Crippen molar-refractivity contribution < 1.29 is 9.53 Å². The van der Waals surface area contributed by atoms with Gasteiger partial charge in [0.15, 0.2) is 0 Å². The number of rotatable bonds is 6. The number of carbonyl (C=O) groups excluding carboxylic acids is 1. The van der Waals surface area contributed by atoms with E-state index < -0.39 is 0 Å². The van der Waals surface area contributed by atoms with E-state index in [0.717, 1.165) is 50.0 Å². The van der Waals surface area contributed by atoms with Gasteiger partial charge in [-0.3, -0.25) is 4.90 Å². The largest absolute Gasteiger partial charge is 0.497 e. The molecule has 31 heavy (non-hydrogen) atoms. The number of urea groups is 1. The van der Waals surface area contributed by atoms with Gasteiger partial charge in [0, 0.05) is 50.3 Å². The van der Waals surface area contributed by atoms with Gasteiger partial charge < -0.3 is 20.3 Å². The molecule has 0 unspecified atom stereocenters. The van der Waals surface area contributed by atoms with Gasteiger partial charge in [0.2, 0.25) is 0 Å². The molecule has 0 aliphatic carbocycles. The summed E-state index contributed by atoms with van der Waals surface area (Å²) < 4.78 is 5.12. The molecule has 0 radical (unpaired) electrons. The topological polar surface area (TPSA) is 69.7 Å². The minimum atomic E-state index is -0.274. The molecular formula is C24H27N5O2. The van der Waals surface area contributed by atoms with Crippen LogP contribution < -0.4 is 20.3 Å². The lowest BCUT2D eigenvalue weighted by Crippen LogP contribution is -2.46. The van der Waals surface area contributed by atoms with Crippen molar-refractivity contribution in [2.75, 3.05) is 48.8 Å². The number of benzene rings is 2. The second kappa shape index (κ2) is 9.95. The minimum Gasteiger partial charge on any atom is -0.497 e. The van der Waals surface area contributed by atoms with Crippen LogP contribution in [0.25, 0.3) is 0 Å². The lowest BCUT2D eigenvalue weighted by Gasteiger charge is -2.35. The van der Waals surface area contributed by atoms with E-state index in [9.17, 15) is 4.79 Å². The van der Waals surface area contributed by atoms with Gasteiger partial charge in [0.05, 0.1) is 7.11 Å². The summed E-state index contributed by atoms with van der Waals surface area (Å²) in [6.45, 7) is 4.85. The van der Waals surface area contributed by atoms with Crippen molar-refractivity contribution in [2.24, 2.45) is 0 Å². The summed E-state index contributed by atoms with van der Waals surface area (Å²) >= 11 is 0. The molecule has 1 fully saturated rings. The van der Waals surface area contributed by atoms with Gasteiger partial charge in [-0.2, -0.15) is 0 Å². The van der Waals surface area contributed by atoms with Gasteiger partial charge in [-0.15, -0.1) is 0 Å². The van der Waals surface area contributed by atoms with Crippen molar-refractivity contribution >= 4 is 23.2 Å². The summed E-state index contributed by atoms with van der Waals surface area (Å²) in [5.74, 6) is 1.80. The first-order valence-corrected chi connectivity index (χ1v) is 10.4. The third kappa shape index (κ3) is 5.73. The van der Waals surface area contributed by atoms with E-state index in [1.807, 2.05) is 30.5 Å². The number of anilines is 3. The number of ether oxygens (including phenoxy) is 1. The quantitative estimate of drug-likeness (QED) is 0.633. The van der Waals surface area contributed by atoms with Crippen LogP contribution in [0.3, 0.4) is 0 Å². The van der Waals surface area contributed by atoms with Gasteiger partial charge in [-0.25, -0.2) is 9.78 Å². The predicted molar refractivity (Wildman–Crippen MR) is 124 cm³/mol. The van der Waals surface area contributed by atoms with E-state index in [0.29, 0.717) is 5.69 Å². The zero-order valence-corrected chi connectivity index (χ0v) is 17.6. The van der Waals surface area contributed by atoms with Crippen molar-refractivity contribution in [3.05, 3.63) is 78.5 Å². The van der Waals surface area contributed by atoms with E-state index in [1.54, 1.807) is 31.4 Å². The average Bonchev–Trinajstić information content (AvgIpc) is 2.82. The van der Waals surface area contributed by atoms with Crippen LogP contribution in [0.15, 0.2) is 72.9 Å². The smallest absolute Gasteiger partial charge is 0.323 e. The van der Waals surface area contributed by atoms with Crippen LogP contribution in [-0.4, -0.2) is 49.2 Å². The molecular weight excluding hydrogens is 390 g/mol. The lowest BCUT2D eigenvalue weighted by molar-refractivity contribution is 0.249. The first-order valence-electron chi connectivity index (χ1n) is 10.4. The first kappa shape index (κ1) is 20.7. The number of amides is 2. The number of aromatic nitrogens is 1. The Kier molecular flexibility index (Phi) is 6.64. The Balaban J connectivity index is 1.24. The molecule has 0 bridgehead atoms. The van der Waals surface area contributed by atoms with Crippen LogP contribution in [0.1, 0.15) is 5.56 Å². The molecule has 1 aliphatic rings. The van der Waals surface area contributed by atoms with Gasteiger partial charge in [-0.1, -0.05) is 18.2 Å². The van der Waals surface area contributed by atoms with Gasteiger partial charge in [0.25, 0.3) is 0 Å².